The lowest BCUT2D eigenvalue weighted by Gasteiger charge is -2.35. The molecule has 0 fully saturated rings. The average Bonchev–Trinajstić information content (AvgIpc) is 3.01. The van der Waals surface area contributed by atoms with E-state index in [0.717, 1.165) is 17.2 Å². The minimum Gasteiger partial charge on any atom is -0.344 e. The molecule has 4 heteroatoms. The monoisotopic (exact) mass is 302 g/mol. The number of hydrogen-bond acceptors (Lipinski definition) is 3. The van der Waals surface area contributed by atoms with Crippen LogP contribution in [0.5, 0.6) is 0 Å². The molecule has 0 saturated heterocycles. The van der Waals surface area contributed by atoms with Crippen molar-refractivity contribution < 1.29 is 0 Å². The summed E-state index contributed by atoms with van der Waals surface area (Å²) in [4.78, 5) is 2.23. The van der Waals surface area contributed by atoms with E-state index in [0.29, 0.717) is 0 Å². The third kappa shape index (κ3) is 2.59. The fraction of sp³-hybridized carbons (Fsp3) is 0.105. The van der Waals surface area contributed by atoms with E-state index in [4.69, 9.17) is 0 Å². The molecule has 0 aliphatic carbocycles. The molecule has 4 rings (SSSR count). The van der Waals surface area contributed by atoms with Gasteiger partial charge < -0.3 is 10.2 Å². The summed E-state index contributed by atoms with van der Waals surface area (Å²) in [6.45, 7) is 2.00. The van der Waals surface area contributed by atoms with Crippen molar-refractivity contribution in [3.05, 3.63) is 83.7 Å². The van der Waals surface area contributed by atoms with E-state index in [1.54, 1.807) is 0 Å². The summed E-state index contributed by atoms with van der Waals surface area (Å²) in [7, 11) is 0. The first kappa shape index (κ1) is 13.6. The Labute approximate surface area is 135 Å². The van der Waals surface area contributed by atoms with Gasteiger partial charge in [-0.2, -0.15) is 5.10 Å². The zero-order valence-electron chi connectivity index (χ0n) is 12.9. The molecule has 0 saturated carbocycles. The number of para-hydroxylation sites is 1. The number of nitrogens with zero attached hydrogens (tertiary/aromatic N) is 2. The van der Waals surface area contributed by atoms with Gasteiger partial charge in [-0.1, -0.05) is 42.5 Å². The van der Waals surface area contributed by atoms with E-state index >= 15 is 0 Å². The van der Waals surface area contributed by atoms with Crippen molar-refractivity contribution in [2.45, 2.75) is 13.1 Å². The van der Waals surface area contributed by atoms with Crippen LogP contribution in [0.1, 0.15) is 23.0 Å². The van der Waals surface area contributed by atoms with Crippen molar-refractivity contribution in [1.82, 2.24) is 10.2 Å². The van der Waals surface area contributed by atoms with Gasteiger partial charge in [0.15, 0.2) is 0 Å². The van der Waals surface area contributed by atoms with Crippen molar-refractivity contribution in [1.29, 1.82) is 0 Å². The number of fused-ring (bicyclic) bond motifs is 1. The second-order valence-corrected chi connectivity index (χ2v) is 5.67. The number of aromatic nitrogens is 2. The molecular weight excluding hydrogens is 284 g/mol. The molecule has 0 spiro atoms. The minimum atomic E-state index is 0.00120. The van der Waals surface area contributed by atoms with E-state index in [9.17, 15) is 0 Å². The Morgan fingerprint density at radius 2 is 1.83 bits per heavy atom. The zero-order chi connectivity index (χ0) is 15.6. The molecule has 1 aliphatic heterocycles. The number of benzene rings is 2. The molecular formula is C19H18N4. The molecule has 1 unspecified atom stereocenters. The fourth-order valence-electron chi connectivity index (χ4n) is 2.92. The average molecular weight is 302 g/mol. The normalized spacial score (nSPS) is 16.2. The largest absolute Gasteiger partial charge is 0.344 e. The van der Waals surface area contributed by atoms with Gasteiger partial charge in [0, 0.05) is 29.2 Å². The van der Waals surface area contributed by atoms with E-state index < -0.39 is 0 Å². The SMILES string of the molecule is Cc1cc(NC2c3ccccc3C=CN2c2ccccc2)n[nH]1. The maximum absolute atomic E-state index is 4.32. The number of hydrogen-bond donors (Lipinski definition) is 2. The maximum Gasteiger partial charge on any atom is 0.149 e. The van der Waals surface area contributed by atoms with Crippen LogP contribution in [0.15, 0.2) is 66.9 Å². The smallest absolute Gasteiger partial charge is 0.149 e. The third-order valence-corrected chi connectivity index (χ3v) is 4.03. The van der Waals surface area contributed by atoms with Crippen LogP contribution in [0, 0.1) is 6.92 Å². The van der Waals surface area contributed by atoms with Gasteiger partial charge in [-0.3, -0.25) is 5.10 Å². The lowest BCUT2D eigenvalue weighted by atomic mass is 10.0. The number of rotatable bonds is 3. The van der Waals surface area contributed by atoms with Gasteiger partial charge in [-0.25, -0.2) is 0 Å². The summed E-state index contributed by atoms with van der Waals surface area (Å²) in [6.07, 6.45) is 4.27. The van der Waals surface area contributed by atoms with E-state index in [-0.39, 0.29) is 6.17 Å². The Kier molecular flexibility index (Phi) is 3.35. The number of anilines is 2. The maximum atomic E-state index is 4.32. The van der Waals surface area contributed by atoms with Crippen molar-refractivity contribution in [3.8, 4) is 0 Å². The van der Waals surface area contributed by atoms with Crippen LogP contribution in [-0.2, 0) is 0 Å². The van der Waals surface area contributed by atoms with Crippen molar-refractivity contribution in [2.75, 3.05) is 10.2 Å². The second kappa shape index (κ2) is 5.65. The Morgan fingerprint density at radius 1 is 1.04 bits per heavy atom. The zero-order valence-corrected chi connectivity index (χ0v) is 12.9. The summed E-state index contributed by atoms with van der Waals surface area (Å²) >= 11 is 0. The molecule has 0 amide bonds. The van der Waals surface area contributed by atoms with Crippen molar-refractivity contribution in [3.63, 3.8) is 0 Å². The highest BCUT2D eigenvalue weighted by Crippen LogP contribution is 2.34. The van der Waals surface area contributed by atoms with Gasteiger partial charge >= 0.3 is 0 Å². The number of H-pyrrole nitrogens is 1. The summed E-state index contributed by atoms with van der Waals surface area (Å²) in [5.41, 5.74) is 4.64. The van der Waals surface area contributed by atoms with Crippen molar-refractivity contribution in [2.24, 2.45) is 0 Å². The first-order valence-electron chi connectivity index (χ1n) is 7.70. The van der Waals surface area contributed by atoms with Gasteiger partial charge in [0.1, 0.15) is 12.0 Å². The molecule has 1 aliphatic rings. The van der Waals surface area contributed by atoms with Gasteiger partial charge in [-0.05, 0) is 30.7 Å². The molecule has 1 atom stereocenters. The molecule has 114 valence electrons. The van der Waals surface area contributed by atoms with Gasteiger partial charge in [-0.15, -0.1) is 0 Å². The fourth-order valence-corrected chi connectivity index (χ4v) is 2.92. The summed E-state index contributed by atoms with van der Waals surface area (Å²) < 4.78 is 0. The van der Waals surface area contributed by atoms with E-state index in [2.05, 4.69) is 81.2 Å². The molecule has 0 bridgehead atoms. The van der Waals surface area contributed by atoms with Crippen LogP contribution in [0.25, 0.3) is 6.08 Å². The predicted octanol–water partition coefficient (Wildman–Crippen LogP) is 4.32. The predicted molar refractivity (Wildman–Crippen MR) is 94.1 cm³/mol. The lowest BCUT2D eigenvalue weighted by Crippen LogP contribution is -2.32. The first-order valence-corrected chi connectivity index (χ1v) is 7.70. The third-order valence-electron chi connectivity index (χ3n) is 4.03. The van der Waals surface area contributed by atoms with Crippen LogP contribution in [0.4, 0.5) is 11.5 Å². The Morgan fingerprint density at radius 3 is 2.61 bits per heavy atom. The van der Waals surface area contributed by atoms with E-state index in [1.165, 1.54) is 11.1 Å². The summed E-state index contributed by atoms with van der Waals surface area (Å²) in [6, 6.07) is 20.8. The number of aromatic amines is 1. The Bertz CT molecular complexity index is 835. The van der Waals surface area contributed by atoms with E-state index in [1.807, 2.05) is 19.1 Å². The molecule has 0 radical (unpaired) electrons. The van der Waals surface area contributed by atoms with Gasteiger partial charge in [0.25, 0.3) is 0 Å². The standard InChI is InChI=1S/C19H18N4/c1-14-13-18(22-21-14)20-19-17-10-6-5-7-15(17)11-12-23(19)16-8-3-2-4-9-16/h2-13,19H,1H3,(H2,20,21,22). The molecule has 1 aromatic heterocycles. The van der Waals surface area contributed by atoms with Crippen LogP contribution in [-0.4, -0.2) is 10.2 Å². The van der Waals surface area contributed by atoms with Crippen LogP contribution in [0.2, 0.25) is 0 Å². The quantitative estimate of drug-likeness (QED) is 0.757. The number of nitrogens with one attached hydrogen (secondary N) is 2. The Hall–Kier alpha value is -3.01. The van der Waals surface area contributed by atoms with Crippen LogP contribution >= 0.6 is 0 Å². The highest BCUT2D eigenvalue weighted by Gasteiger charge is 2.24. The highest BCUT2D eigenvalue weighted by molar-refractivity contribution is 5.67. The summed E-state index contributed by atoms with van der Waals surface area (Å²) in [5, 5.41) is 10.9. The number of aryl methyl sites for hydroxylation is 1. The van der Waals surface area contributed by atoms with Crippen LogP contribution in [0.3, 0.4) is 0 Å². The van der Waals surface area contributed by atoms with Crippen LogP contribution < -0.4 is 10.2 Å². The first-order chi connectivity index (χ1) is 11.3. The molecule has 2 N–H and O–H groups in total. The minimum absolute atomic E-state index is 0.00120. The molecule has 2 aromatic carbocycles. The molecule has 23 heavy (non-hydrogen) atoms. The second-order valence-electron chi connectivity index (χ2n) is 5.67. The Balaban J connectivity index is 1.76. The summed E-state index contributed by atoms with van der Waals surface area (Å²) in [5.74, 6) is 0.846. The lowest BCUT2D eigenvalue weighted by molar-refractivity contribution is 0.768. The van der Waals surface area contributed by atoms with Gasteiger partial charge in [0.2, 0.25) is 0 Å². The van der Waals surface area contributed by atoms with Crippen molar-refractivity contribution >= 4 is 17.6 Å². The molecule has 3 aromatic rings. The van der Waals surface area contributed by atoms with Gasteiger partial charge in [0.05, 0.1) is 0 Å². The highest BCUT2D eigenvalue weighted by atomic mass is 15.3. The molecule has 4 nitrogen and oxygen atoms in total. The molecule has 2 heterocycles. The topological polar surface area (TPSA) is 44.0 Å².